The summed E-state index contributed by atoms with van der Waals surface area (Å²) in [5.74, 6) is 0. The van der Waals surface area contributed by atoms with Gasteiger partial charge in [0, 0.05) is 11.0 Å². The topological polar surface area (TPSA) is 12.0 Å². The van der Waals surface area contributed by atoms with Gasteiger partial charge in [-0.05, 0) is 31.2 Å². The monoisotopic (exact) mass is 253 g/mol. The van der Waals surface area contributed by atoms with Crippen LogP contribution in [-0.4, -0.2) is 13.6 Å². The predicted octanol–water partition coefficient (Wildman–Crippen LogP) is 3.46. The fraction of sp³-hybridized carbons (Fsp3) is 0.333. The standard InChI is InChI=1S/C12H16BrN/c1-3-10(9-14-2)8-11-4-6-12(13)7-5-11/h4-8,14H,3,9H2,1-2H3. The summed E-state index contributed by atoms with van der Waals surface area (Å²) in [6, 6.07) is 8.38. The smallest absolute Gasteiger partial charge is 0.0175 e. The van der Waals surface area contributed by atoms with Gasteiger partial charge in [0.05, 0.1) is 0 Å². The highest BCUT2D eigenvalue weighted by atomic mass is 79.9. The summed E-state index contributed by atoms with van der Waals surface area (Å²) in [5.41, 5.74) is 2.69. The third-order valence-corrected chi connectivity index (χ3v) is 2.63. The van der Waals surface area contributed by atoms with E-state index in [1.807, 2.05) is 7.05 Å². The maximum atomic E-state index is 3.43. The maximum Gasteiger partial charge on any atom is 0.0175 e. The summed E-state index contributed by atoms with van der Waals surface area (Å²) in [7, 11) is 1.98. The molecule has 0 saturated heterocycles. The molecule has 0 unspecified atom stereocenters. The summed E-state index contributed by atoms with van der Waals surface area (Å²) in [4.78, 5) is 0. The van der Waals surface area contributed by atoms with Crippen molar-refractivity contribution in [2.24, 2.45) is 0 Å². The fourth-order valence-electron chi connectivity index (χ4n) is 1.30. The third kappa shape index (κ3) is 3.64. The molecule has 0 aliphatic heterocycles. The van der Waals surface area contributed by atoms with Gasteiger partial charge in [-0.3, -0.25) is 0 Å². The SMILES string of the molecule is CCC(=Cc1ccc(Br)cc1)CNC. The molecule has 0 bridgehead atoms. The van der Waals surface area contributed by atoms with Crippen LogP contribution in [-0.2, 0) is 0 Å². The highest BCUT2D eigenvalue weighted by molar-refractivity contribution is 9.10. The molecule has 0 atom stereocenters. The molecule has 0 amide bonds. The molecule has 2 heteroatoms. The van der Waals surface area contributed by atoms with Crippen molar-refractivity contribution in [1.29, 1.82) is 0 Å². The number of halogens is 1. The molecule has 1 aromatic rings. The average molecular weight is 254 g/mol. The Bertz CT molecular complexity index is 301. The lowest BCUT2D eigenvalue weighted by atomic mass is 10.1. The van der Waals surface area contributed by atoms with E-state index in [0.717, 1.165) is 17.4 Å². The van der Waals surface area contributed by atoms with E-state index in [0.29, 0.717) is 0 Å². The number of rotatable bonds is 4. The number of hydrogen-bond donors (Lipinski definition) is 1. The molecule has 1 aromatic carbocycles. The first-order valence-corrected chi connectivity index (χ1v) is 5.65. The van der Waals surface area contributed by atoms with Crippen molar-refractivity contribution < 1.29 is 0 Å². The van der Waals surface area contributed by atoms with Crippen molar-refractivity contribution in [3.63, 3.8) is 0 Å². The van der Waals surface area contributed by atoms with Crippen LogP contribution in [0.5, 0.6) is 0 Å². The fourth-order valence-corrected chi connectivity index (χ4v) is 1.56. The minimum atomic E-state index is 0.965. The number of likely N-dealkylation sites (N-methyl/N-ethyl adjacent to an activating group) is 1. The van der Waals surface area contributed by atoms with Crippen LogP contribution in [0.3, 0.4) is 0 Å². The van der Waals surface area contributed by atoms with Gasteiger partial charge in [-0.1, -0.05) is 46.6 Å². The summed E-state index contributed by atoms with van der Waals surface area (Å²) in [5, 5.41) is 3.17. The molecule has 1 nitrogen and oxygen atoms in total. The van der Waals surface area contributed by atoms with E-state index in [4.69, 9.17) is 0 Å². The second-order valence-corrected chi connectivity index (χ2v) is 4.15. The van der Waals surface area contributed by atoms with Gasteiger partial charge in [0.2, 0.25) is 0 Å². The van der Waals surface area contributed by atoms with E-state index in [1.165, 1.54) is 11.1 Å². The molecule has 0 aromatic heterocycles. The Labute approximate surface area is 94.3 Å². The number of hydrogen-bond acceptors (Lipinski definition) is 1. The van der Waals surface area contributed by atoms with Crippen LogP contribution in [0.2, 0.25) is 0 Å². The van der Waals surface area contributed by atoms with E-state index in [9.17, 15) is 0 Å². The first-order chi connectivity index (χ1) is 6.76. The van der Waals surface area contributed by atoms with Crippen LogP contribution in [0.25, 0.3) is 6.08 Å². The molecule has 1 N–H and O–H groups in total. The lowest BCUT2D eigenvalue weighted by Gasteiger charge is -2.03. The maximum absolute atomic E-state index is 3.43. The van der Waals surface area contributed by atoms with E-state index >= 15 is 0 Å². The highest BCUT2D eigenvalue weighted by Crippen LogP contribution is 2.13. The molecule has 1 rings (SSSR count). The summed E-state index contributed by atoms with van der Waals surface area (Å²) >= 11 is 3.43. The van der Waals surface area contributed by atoms with Crippen LogP contribution in [0.4, 0.5) is 0 Å². The minimum Gasteiger partial charge on any atom is -0.316 e. The van der Waals surface area contributed by atoms with E-state index in [1.54, 1.807) is 0 Å². The molecule has 0 aliphatic rings. The Hall–Kier alpha value is -0.600. The quantitative estimate of drug-likeness (QED) is 0.867. The summed E-state index contributed by atoms with van der Waals surface area (Å²) in [6.45, 7) is 3.15. The Morgan fingerprint density at radius 3 is 2.50 bits per heavy atom. The van der Waals surface area contributed by atoms with E-state index in [-0.39, 0.29) is 0 Å². The van der Waals surface area contributed by atoms with Crippen molar-refractivity contribution in [2.45, 2.75) is 13.3 Å². The zero-order valence-corrected chi connectivity index (χ0v) is 10.3. The molecule has 14 heavy (non-hydrogen) atoms. The van der Waals surface area contributed by atoms with Crippen molar-refractivity contribution in [2.75, 3.05) is 13.6 Å². The van der Waals surface area contributed by atoms with E-state index in [2.05, 4.69) is 58.5 Å². The molecule has 0 heterocycles. The Balaban J connectivity index is 2.78. The van der Waals surface area contributed by atoms with Gasteiger partial charge in [-0.25, -0.2) is 0 Å². The summed E-state index contributed by atoms with van der Waals surface area (Å²) < 4.78 is 1.13. The predicted molar refractivity (Wildman–Crippen MR) is 66.3 cm³/mol. The molecular weight excluding hydrogens is 238 g/mol. The highest BCUT2D eigenvalue weighted by Gasteiger charge is 1.93. The zero-order valence-electron chi connectivity index (χ0n) is 8.68. The zero-order chi connectivity index (χ0) is 10.4. The van der Waals surface area contributed by atoms with Crippen LogP contribution < -0.4 is 5.32 Å². The van der Waals surface area contributed by atoms with Gasteiger partial charge in [0.15, 0.2) is 0 Å². The van der Waals surface area contributed by atoms with Crippen molar-refractivity contribution in [3.8, 4) is 0 Å². The van der Waals surface area contributed by atoms with Crippen LogP contribution in [0.15, 0.2) is 34.3 Å². The first kappa shape index (κ1) is 11.5. The lowest BCUT2D eigenvalue weighted by molar-refractivity contribution is 0.851. The van der Waals surface area contributed by atoms with Gasteiger partial charge >= 0.3 is 0 Å². The Morgan fingerprint density at radius 2 is 2.00 bits per heavy atom. The molecule has 0 radical (unpaired) electrons. The van der Waals surface area contributed by atoms with Gasteiger partial charge in [-0.2, -0.15) is 0 Å². The van der Waals surface area contributed by atoms with Crippen LogP contribution in [0, 0.1) is 0 Å². The third-order valence-electron chi connectivity index (χ3n) is 2.10. The number of nitrogens with one attached hydrogen (secondary N) is 1. The molecule has 0 spiro atoms. The van der Waals surface area contributed by atoms with Crippen molar-refractivity contribution >= 4 is 22.0 Å². The minimum absolute atomic E-state index is 0.965. The molecule has 76 valence electrons. The Morgan fingerprint density at radius 1 is 1.36 bits per heavy atom. The molecular formula is C12H16BrN. The number of benzene rings is 1. The molecule has 0 aliphatic carbocycles. The largest absolute Gasteiger partial charge is 0.316 e. The second-order valence-electron chi connectivity index (χ2n) is 3.24. The van der Waals surface area contributed by atoms with Crippen molar-refractivity contribution in [1.82, 2.24) is 5.32 Å². The van der Waals surface area contributed by atoms with E-state index < -0.39 is 0 Å². The summed E-state index contributed by atoms with van der Waals surface area (Å²) in [6.07, 6.45) is 3.33. The Kier molecular flexibility index (Phi) is 4.91. The van der Waals surface area contributed by atoms with Gasteiger partial charge < -0.3 is 5.32 Å². The van der Waals surface area contributed by atoms with Crippen LogP contribution in [0.1, 0.15) is 18.9 Å². The first-order valence-electron chi connectivity index (χ1n) is 4.86. The molecule has 0 saturated carbocycles. The average Bonchev–Trinajstić information content (AvgIpc) is 2.20. The van der Waals surface area contributed by atoms with Crippen molar-refractivity contribution in [3.05, 3.63) is 39.9 Å². The van der Waals surface area contributed by atoms with Crippen LogP contribution >= 0.6 is 15.9 Å². The van der Waals surface area contributed by atoms with Gasteiger partial charge in [-0.15, -0.1) is 0 Å². The normalized spacial score (nSPS) is 11.8. The molecule has 0 fully saturated rings. The van der Waals surface area contributed by atoms with Gasteiger partial charge in [0.25, 0.3) is 0 Å². The second kappa shape index (κ2) is 5.99. The lowest BCUT2D eigenvalue weighted by Crippen LogP contribution is -2.09. The van der Waals surface area contributed by atoms with Gasteiger partial charge in [0.1, 0.15) is 0 Å².